The van der Waals surface area contributed by atoms with Crippen LogP contribution >= 0.6 is 0 Å². The van der Waals surface area contributed by atoms with Gasteiger partial charge in [-0.3, -0.25) is 0 Å². The molecule has 0 nitrogen and oxygen atoms in total. The lowest BCUT2D eigenvalue weighted by Gasteiger charge is -2.14. The van der Waals surface area contributed by atoms with Crippen LogP contribution in [-0.4, -0.2) is 0 Å². The Kier molecular flexibility index (Phi) is 2.31. The molecule has 3 rings (SSSR count). The number of fused-ring (bicyclic) bond motifs is 3. The lowest BCUT2D eigenvalue weighted by molar-refractivity contribution is 0.771. The van der Waals surface area contributed by atoms with Gasteiger partial charge in [-0.05, 0) is 60.8 Å². The Hall–Kier alpha value is -0.780. The Balaban J connectivity index is 2.05. The summed E-state index contributed by atoms with van der Waals surface area (Å²) in [5.41, 5.74) is 6.70. The Bertz CT molecular complexity index is 374. The molecule has 0 saturated heterocycles. The quantitative estimate of drug-likeness (QED) is 0.678. The summed E-state index contributed by atoms with van der Waals surface area (Å²) in [6.45, 7) is 2.30. The van der Waals surface area contributed by atoms with Crippen LogP contribution in [0.3, 0.4) is 0 Å². The van der Waals surface area contributed by atoms with Crippen molar-refractivity contribution < 1.29 is 0 Å². The number of rotatable bonds is 2. The molecule has 0 aromatic heterocycles. The highest BCUT2D eigenvalue weighted by molar-refractivity contribution is 5.53. The molecule has 0 atom stereocenters. The molecule has 0 aliphatic heterocycles. The predicted octanol–water partition coefficient (Wildman–Crippen LogP) is 3.84. The molecule has 79 valence electrons. The fourth-order valence-electron chi connectivity index (χ4n) is 3.33. The van der Waals surface area contributed by atoms with Crippen molar-refractivity contribution in [3.8, 4) is 0 Å². The Morgan fingerprint density at radius 2 is 1.87 bits per heavy atom. The van der Waals surface area contributed by atoms with Crippen LogP contribution in [-0.2, 0) is 19.3 Å². The minimum atomic E-state index is 1.30. The fraction of sp³-hybridized carbons (Fsp3) is 0.533. The molecular formula is C15H19. The van der Waals surface area contributed by atoms with Gasteiger partial charge in [0.05, 0.1) is 0 Å². The van der Waals surface area contributed by atoms with Crippen molar-refractivity contribution in [1.29, 1.82) is 0 Å². The smallest absolute Gasteiger partial charge is 0.00587 e. The molecule has 2 aliphatic rings. The summed E-state index contributed by atoms with van der Waals surface area (Å²) >= 11 is 0. The summed E-state index contributed by atoms with van der Waals surface area (Å²) in [4.78, 5) is 0. The second-order valence-electron chi connectivity index (χ2n) is 4.94. The van der Waals surface area contributed by atoms with E-state index in [9.17, 15) is 0 Å². The molecule has 0 amide bonds. The van der Waals surface area contributed by atoms with E-state index in [-0.39, 0.29) is 0 Å². The SMILES string of the molecule is CCC[C]1CCc2ccc3c(c21)CCC3. The Morgan fingerprint density at radius 3 is 2.73 bits per heavy atom. The highest BCUT2D eigenvalue weighted by Gasteiger charge is 2.28. The first kappa shape index (κ1) is 9.45. The van der Waals surface area contributed by atoms with E-state index in [1.54, 1.807) is 28.2 Å². The standard InChI is InChI=1S/C15H19/c1-2-4-12-9-10-13-8-7-11-5-3-6-14(11)15(12)13/h7-8H,2-6,9-10H2,1H3. The topological polar surface area (TPSA) is 0 Å². The number of aryl methyl sites for hydroxylation is 2. The van der Waals surface area contributed by atoms with Crippen molar-refractivity contribution in [2.75, 3.05) is 0 Å². The van der Waals surface area contributed by atoms with Gasteiger partial charge in [0.25, 0.3) is 0 Å². The van der Waals surface area contributed by atoms with Gasteiger partial charge < -0.3 is 0 Å². The Labute approximate surface area is 92.7 Å². The van der Waals surface area contributed by atoms with Crippen LogP contribution in [0.2, 0.25) is 0 Å². The molecule has 0 N–H and O–H groups in total. The fourth-order valence-corrected chi connectivity index (χ4v) is 3.33. The maximum absolute atomic E-state index is 2.39. The third-order valence-electron chi connectivity index (χ3n) is 3.97. The van der Waals surface area contributed by atoms with Gasteiger partial charge >= 0.3 is 0 Å². The van der Waals surface area contributed by atoms with Crippen LogP contribution < -0.4 is 0 Å². The van der Waals surface area contributed by atoms with E-state index in [0.29, 0.717) is 0 Å². The van der Waals surface area contributed by atoms with E-state index >= 15 is 0 Å². The molecule has 0 saturated carbocycles. The minimum Gasteiger partial charge on any atom is -0.0654 e. The van der Waals surface area contributed by atoms with Crippen LogP contribution in [0.15, 0.2) is 12.1 Å². The molecule has 15 heavy (non-hydrogen) atoms. The van der Waals surface area contributed by atoms with E-state index in [0.717, 1.165) is 0 Å². The zero-order chi connectivity index (χ0) is 10.3. The summed E-state index contributed by atoms with van der Waals surface area (Å²) in [5, 5.41) is 0. The van der Waals surface area contributed by atoms with Crippen LogP contribution in [0, 0.1) is 5.92 Å². The first-order valence-electron chi connectivity index (χ1n) is 6.39. The van der Waals surface area contributed by atoms with Gasteiger partial charge in [0, 0.05) is 5.92 Å². The highest BCUT2D eigenvalue weighted by atomic mass is 14.3. The number of benzene rings is 1. The van der Waals surface area contributed by atoms with E-state index in [4.69, 9.17) is 0 Å². The van der Waals surface area contributed by atoms with Crippen molar-refractivity contribution in [3.63, 3.8) is 0 Å². The van der Waals surface area contributed by atoms with Gasteiger partial charge in [-0.2, -0.15) is 0 Å². The number of hydrogen-bond acceptors (Lipinski definition) is 0. The molecule has 1 radical (unpaired) electrons. The third kappa shape index (κ3) is 1.42. The monoisotopic (exact) mass is 199 g/mol. The molecule has 2 aliphatic carbocycles. The summed E-state index contributed by atoms with van der Waals surface area (Å²) < 4.78 is 0. The second kappa shape index (κ2) is 3.66. The predicted molar refractivity (Wildman–Crippen MR) is 64.0 cm³/mol. The van der Waals surface area contributed by atoms with E-state index in [1.165, 1.54) is 44.9 Å². The average molecular weight is 199 g/mol. The van der Waals surface area contributed by atoms with Crippen molar-refractivity contribution in [1.82, 2.24) is 0 Å². The lowest BCUT2D eigenvalue weighted by Crippen LogP contribution is -1.99. The summed E-state index contributed by atoms with van der Waals surface area (Å²) in [7, 11) is 0. The lowest BCUT2D eigenvalue weighted by atomic mass is 9.90. The molecule has 1 aromatic carbocycles. The normalized spacial score (nSPS) is 19.3. The maximum atomic E-state index is 2.39. The van der Waals surface area contributed by atoms with Gasteiger partial charge in [-0.1, -0.05) is 25.5 Å². The highest BCUT2D eigenvalue weighted by Crippen LogP contribution is 2.41. The van der Waals surface area contributed by atoms with Crippen LogP contribution in [0.5, 0.6) is 0 Å². The second-order valence-corrected chi connectivity index (χ2v) is 4.94. The molecule has 0 bridgehead atoms. The van der Waals surface area contributed by atoms with E-state index < -0.39 is 0 Å². The molecular weight excluding hydrogens is 180 g/mol. The van der Waals surface area contributed by atoms with Gasteiger partial charge in [0.1, 0.15) is 0 Å². The average Bonchev–Trinajstić information content (AvgIpc) is 2.83. The maximum Gasteiger partial charge on any atom is 0.00587 e. The van der Waals surface area contributed by atoms with Crippen molar-refractivity contribution >= 4 is 0 Å². The molecule has 0 spiro atoms. The molecule has 0 heteroatoms. The zero-order valence-electron chi connectivity index (χ0n) is 9.60. The van der Waals surface area contributed by atoms with Crippen LogP contribution in [0.1, 0.15) is 54.9 Å². The van der Waals surface area contributed by atoms with Gasteiger partial charge in [-0.25, -0.2) is 0 Å². The van der Waals surface area contributed by atoms with Crippen LogP contribution in [0.4, 0.5) is 0 Å². The zero-order valence-corrected chi connectivity index (χ0v) is 9.60. The van der Waals surface area contributed by atoms with Crippen molar-refractivity contribution in [2.45, 2.75) is 51.9 Å². The van der Waals surface area contributed by atoms with Gasteiger partial charge in [0.2, 0.25) is 0 Å². The first-order chi connectivity index (χ1) is 7.40. The van der Waals surface area contributed by atoms with Crippen LogP contribution in [0.25, 0.3) is 0 Å². The largest absolute Gasteiger partial charge is 0.0654 e. The molecule has 0 unspecified atom stereocenters. The molecule has 1 aromatic rings. The van der Waals surface area contributed by atoms with Gasteiger partial charge in [-0.15, -0.1) is 0 Å². The van der Waals surface area contributed by atoms with E-state index in [1.807, 2.05) is 0 Å². The summed E-state index contributed by atoms with van der Waals surface area (Å²) in [6.07, 6.45) is 9.30. The van der Waals surface area contributed by atoms with Crippen molar-refractivity contribution in [2.24, 2.45) is 0 Å². The molecule has 0 heterocycles. The minimum absolute atomic E-state index is 1.30. The first-order valence-corrected chi connectivity index (χ1v) is 6.39. The molecule has 0 fully saturated rings. The summed E-state index contributed by atoms with van der Waals surface area (Å²) in [5.74, 6) is 1.76. The summed E-state index contributed by atoms with van der Waals surface area (Å²) in [6, 6.07) is 4.78. The third-order valence-corrected chi connectivity index (χ3v) is 3.97. The van der Waals surface area contributed by atoms with Gasteiger partial charge in [0.15, 0.2) is 0 Å². The number of hydrogen-bond donors (Lipinski definition) is 0. The Morgan fingerprint density at radius 1 is 1.00 bits per heavy atom. The van der Waals surface area contributed by atoms with E-state index in [2.05, 4.69) is 19.1 Å². The van der Waals surface area contributed by atoms with Crippen molar-refractivity contribution in [3.05, 3.63) is 40.3 Å².